The molecule has 0 spiro atoms. The Balaban J connectivity index is 1.81. The summed E-state index contributed by atoms with van der Waals surface area (Å²) in [7, 11) is 0. The Morgan fingerprint density at radius 3 is 2.70 bits per heavy atom. The van der Waals surface area contributed by atoms with E-state index >= 15 is 0 Å². The number of benzene rings is 2. The van der Waals surface area contributed by atoms with Crippen LogP contribution in [0.1, 0.15) is 43.4 Å². The third-order valence-electron chi connectivity index (χ3n) is 4.93. The highest BCUT2D eigenvalue weighted by Gasteiger charge is 2.15. The molecule has 5 N–H and O–H groups in total. The van der Waals surface area contributed by atoms with Crippen LogP contribution in [0.2, 0.25) is 0 Å². The maximum Gasteiger partial charge on any atom is 0.222 e. The summed E-state index contributed by atoms with van der Waals surface area (Å²) in [6, 6.07) is 10.1. The van der Waals surface area contributed by atoms with E-state index in [1.165, 1.54) is 12.1 Å². The zero-order valence-electron chi connectivity index (χ0n) is 17.3. The molecule has 3 rings (SSSR count). The van der Waals surface area contributed by atoms with Gasteiger partial charge in [0, 0.05) is 17.2 Å². The van der Waals surface area contributed by atoms with Crippen molar-refractivity contribution >= 4 is 17.3 Å². The Labute approximate surface area is 175 Å². The van der Waals surface area contributed by atoms with Gasteiger partial charge in [-0.1, -0.05) is 39.0 Å². The van der Waals surface area contributed by atoms with Gasteiger partial charge in [-0.2, -0.15) is 0 Å². The normalized spacial score (nSPS) is 11.0. The molecule has 0 saturated heterocycles. The van der Waals surface area contributed by atoms with Crippen LogP contribution < -0.4 is 11.1 Å². The molecule has 0 aliphatic rings. The molecule has 0 bridgehead atoms. The predicted molar refractivity (Wildman–Crippen MR) is 117 cm³/mol. The molecular weight excluding hydrogens is 381 g/mol. The maximum atomic E-state index is 13.8. The molecule has 0 unspecified atom stereocenters. The lowest BCUT2D eigenvalue weighted by molar-refractivity contribution is -0.124. The molecule has 2 aromatic carbocycles. The molecule has 6 nitrogen and oxygen atoms in total. The van der Waals surface area contributed by atoms with Gasteiger partial charge in [0.25, 0.3) is 0 Å². The number of hydrogen-bond acceptors (Lipinski definition) is 4. The summed E-state index contributed by atoms with van der Waals surface area (Å²) < 4.78 is 13.8. The fourth-order valence-corrected chi connectivity index (χ4v) is 3.17. The zero-order valence-corrected chi connectivity index (χ0v) is 17.3. The van der Waals surface area contributed by atoms with Gasteiger partial charge in [-0.3, -0.25) is 10.2 Å². The summed E-state index contributed by atoms with van der Waals surface area (Å²) in [5.74, 6) is -0.0892. The summed E-state index contributed by atoms with van der Waals surface area (Å²) in [5, 5.41) is 11.3. The van der Waals surface area contributed by atoms with Crippen molar-refractivity contribution < 1.29 is 9.18 Å². The Morgan fingerprint density at radius 2 is 2.03 bits per heavy atom. The van der Waals surface area contributed by atoms with Gasteiger partial charge in [0.15, 0.2) is 5.82 Å². The van der Waals surface area contributed by atoms with Crippen LogP contribution in [-0.4, -0.2) is 21.6 Å². The first-order valence-electron chi connectivity index (χ1n) is 9.89. The van der Waals surface area contributed by atoms with Crippen molar-refractivity contribution in [1.29, 1.82) is 5.41 Å². The molecule has 0 aliphatic carbocycles. The number of anilines is 1. The van der Waals surface area contributed by atoms with Crippen molar-refractivity contribution in [3.05, 3.63) is 71.1 Å². The maximum absolute atomic E-state index is 13.8. The van der Waals surface area contributed by atoms with Gasteiger partial charge in [-0.15, -0.1) is 0 Å². The molecule has 30 heavy (non-hydrogen) atoms. The number of nitrogen functional groups attached to an aromatic ring is 1. The van der Waals surface area contributed by atoms with Crippen molar-refractivity contribution in [3.8, 4) is 11.1 Å². The highest BCUT2D eigenvalue weighted by Crippen LogP contribution is 2.29. The Hall–Kier alpha value is -3.48. The lowest BCUT2D eigenvalue weighted by Crippen LogP contribution is -2.27. The van der Waals surface area contributed by atoms with E-state index in [0.717, 1.165) is 23.1 Å². The standard InChI is InChI=1S/C23H26FN5O/c1-4-14-5-7-16(24)10-19(14)15-6-8-18(20(25)9-15)21(26)22-27-11-17(29-22)12-28-23(30)13(2)3/h5-11,13,26H,4,12,25H2,1-3H3,(H,27,29)(H,28,30). The predicted octanol–water partition coefficient (Wildman–Crippen LogP) is 4.05. The van der Waals surface area contributed by atoms with Crippen LogP contribution in [0, 0.1) is 17.1 Å². The highest BCUT2D eigenvalue weighted by molar-refractivity contribution is 6.12. The molecule has 0 radical (unpaired) electrons. The van der Waals surface area contributed by atoms with Gasteiger partial charge in [0.2, 0.25) is 5.91 Å². The number of aryl methyl sites for hydroxylation is 1. The van der Waals surface area contributed by atoms with Crippen molar-refractivity contribution in [3.63, 3.8) is 0 Å². The summed E-state index contributed by atoms with van der Waals surface area (Å²) in [4.78, 5) is 19.0. The van der Waals surface area contributed by atoms with Crippen LogP contribution in [-0.2, 0) is 17.8 Å². The Kier molecular flexibility index (Phi) is 6.30. The first kappa shape index (κ1) is 21.2. The number of imidazole rings is 1. The number of carbonyl (C=O) groups is 1. The van der Waals surface area contributed by atoms with Crippen LogP contribution in [0.3, 0.4) is 0 Å². The van der Waals surface area contributed by atoms with E-state index in [1.807, 2.05) is 26.8 Å². The number of nitrogens with one attached hydrogen (secondary N) is 3. The number of nitrogens with two attached hydrogens (primary N) is 1. The number of amides is 1. The van der Waals surface area contributed by atoms with Crippen molar-refractivity contribution in [1.82, 2.24) is 15.3 Å². The smallest absolute Gasteiger partial charge is 0.222 e. The van der Waals surface area contributed by atoms with Crippen LogP contribution in [0.4, 0.5) is 10.1 Å². The molecule has 0 aliphatic heterocycles. The quantitative estimate of drug-likeness (QED) is 0.350. The van der Waals surface area contributed by atoms with E-state index in [1.54, 1.807) is 24.4 Å². The molecule has 7 heteroatoms. The van der Waals surface area contributed by atoms with Gasteiger partial charge < -0.3 is 16.0 Å². The second-order valence-corrected chi connectivity index (χ2v) is 7.46. The molecule has 0 fully saturated rings. The third-order valence-corrected chi connectivity index (χ3v) is 4.93. The minimum Gasteiger partial charge on any atom is -0.398 e. The minimum absolute atomic E-state index is 0.0511. The van der Waals surface area contributed by atoms with Crippen molar-refractivity contribution in [2.24, 2.45) is 5.92 Å². The number of aromatic amines is 1. The summed E-state index contributed by atoms with van der Waals surface area (Å²) in [5.41, 5.74) is 10.6. The number of nitrogens with zero attached hydrogens (tertiary/aromatic N) is 1. The number of carbonyl (C=O) groups excluding carboxylic acids is 1. The van der Waals surface area contributed by atoms with Crippen LogP contribution in [0.15, 0.2) is 42.6 Å². The highest BCUT2D eigenvalue weighted by atomic mass is 19.1. The Bertz CT molecular complexity index is 1090. The zero-order chi connectivity index (χ0) is 21.8. The molecule has 0 atom stereocenters. The molecule has 1 aromatic heterocycles. The fraction of sp³-hybridized carbons (Fsp3) is 0.261. The average molecular weight is 407 g/mol. The Morgan fingerprint density at radius 1 is 1.27 bits per heavy atom. The lowest BCUT2D eigenvalue weighted by atomic mass is 9.95. The summed E-state index contributed by atoms with van der Waals surface area (Å²) in [6.07, 6.45) is 2.37. The fourth-order valence-electron chi connectivity index (χ4n) is 3.17. The number of aromatic nitrogens is 2. The van der Waals surface area contributed by atoms with Gasteiger partial charge in [-0.05, 0) is 41.3 Å². The molecule has 156 valence electrons. The van der Waals surface area contributed by atoms with Crippen molar-refractivity contribution in [2.45, 2.75) is 33.7 Å². The summed E-state index contributed by atoms with van der Waals surface area (Å²) in [6.45, 7) is 5.97. The number of H-pyrrole nitrogens is 1. The van der Waals surface area contributed by atoms with Crippen molar-refractivity contribution in [2.75, 3.05) is 5.73 Å². The van der Waals surface area contributed by atoms with E-state index in [2.05, 4.69) is 15.3 Å². The van der Waals surface area contributed by atoms with Gasteiger partial charge in [-0.25, -0.2) is 9.37 Å². The minimum atomic E-state index is -0.301. The molecule has 1 heterocycles. The number of hydrogen-bond donors (Lipinski definition) is 4. The summed E-state index contributed by atoms with van der Waals surface area (Å²) >= 11 is 0. The largest absolute Gasteiger partial charge is 0.398 e. The van der Waals surface area contributed by atoms with Crippen LogP contribution in [0.25, 0.3) is 11.1 Å². The third kappa shape index (κ3) is 4.56. The van der Waals surface area contributed by atoms with Gasteiger partial charge in [0.05, 0.1) is 18.4 Å². The SMILES string of the molecule is CCc1ccc(F)cc1-c1ccc(C(=N)c2ncc(CNC(=O)C(C)C)[nH]2)c(N)c1. The topological polar surface area (TPSA) is 108 Å². The lowest BCUT2D eigenvalue weighted by Gasteiger charge is -2.12. The van der Waals surface area contributed by atoms with E-state index in [-0.39, 0.29) is 23.4 Å². The monoisotopic (exact) mass is 407 g/mol. The molecule has 3 aromatic rings. The van der Waals surface area contributed by atoms with Crippen LogP contribution in [0.5, 0.6) is 0 Å². The van der Waals surface area contributed by atoms with Gasteiger partial charge >= 0.3 is 0 Å². The first-order valence-corrected chi connectivity index (χ1v) is 9.89. The van der Waals surface area contributed by atoms with E-state index < -0.39 is 0 Å². The van der Waals surface area contributed by atoms with Gasteiger partial charge in [0.1, 0.15) is 11.5 Å². The van der Waals surface area contributed by atoms with Crippen LogP contribution >= 0.6 is 0 Å². The molecule has 0 saturated carbocycles. The average Bonchev–Trinajstić information content (AvgIpc) is 3.20. The van der Waals surface area contributed by atoms with E-state index in [0.29, 0.717) is 29.3 Å². The molecular formula is C23H26FN5O. The van der Waals surface area contributed by atoms with E-state index in [9.17, 15) is 9.18 Å². The first-order chi connectivity index (χ1) is 14.3. The second-order valence-electron chi connectivity index (χ2n) is 7.46. The van der Waals surface area contributed by atoms with E-state index in [4.69, 9.17) is 11.1 Å². The second kappa shape index (κ2) is 8.90. The number of rotatable bonds is 7. The molecule has 1 amide bonds. The number of halogens is 1.